The molecule has 3 aromatic rings. The van der Waals surface area contributed by atoms with Crippen molar-refractivity contribution in [3.05, 3.63) is 53.0 Å². The number of pyridine rings is 1. The van der Waals surface area contributed by atoms with E-state index in [1.165, 1.54) is 12.1 Å². The molecule has 4 aliphatic rings. The molecule has 47 heavy (non-hydrogen) atoms. The lowest BCUT2D eigenvalue weighted by Crippen LogP contribution is -2.62. The average Bonchev–Trinajstić information content (AvgIpc) is 3.59. The van der Waals surface area contributed by atoms with E-state index >= 15 is 0 Å². The van der Waals surface area contributed by atoms with Crippen LogP contribution >= 0.6 is 0 Å². The number of ether oxygens (including phenoxy) is 1. The molecule has 12 nitrogen and oxygen atoms in total. The van der Waals surface area contributed by atoms with Crippen molar-refractivity contribution in [3.8, 4) is 0 Å². The lowest BCUT2D eigenvalue weighted by atomic mass is 9.90. The highest BCUT2D eigenvalue weighted by molar-refractivity contribution is 5.98. The zero-order valence-corrected chi connectivity index (χ0v) is 27.8. The molecule has 2 amide bonds. The predicted octanol–water partition coefficient (Wildman–Crippen LogP) is 1.40. The topological polar surface area (TPSA) is 111 Å². The first kappa shape index (κ1) is 31.9. The number of aromatic nitrogens is 3. The van der Waals surface area contributed by atoms with E-state index in [1.54, 1.807) is 12.1 Å². The first-order chi connectivity index (χ1) is 22.6. The minimum atomic E-state index is -0.402. The number of fused-ring (bicyclic) bond motifs is 3. The SMILES string of the molecule is C[C@@H]1CN(CC(=O)N2CC(C)(C)c3c2cc(Cc2ccc(F)cc2)c2nc(N4CCNC(=O)C4)nn32)[C@@H](CN2CCOC[C@H]2C)CN1. The van der Waals surface area contributed by atoms with Gasteiger partial charge in [0.1, 0.15) is 5.82 Å². The van der Waals surface area contributed by atoms with Crippen LogP contribution in [0.5, 0.6) is 0 Å². The van der Waals surface area contributed by atoms with Gasteiger partial charge in [-0.05, 0) is 37.6 Å². The highest BCUT2D eigenvalue weighted by Crippen LogP contribution is 2.42. The molecule has 2 N–H and O–H groups in total. The molecular weight excluding hydrogens is 601 g/mol. The van der Waals surface area contributed by atoms with Crippen molar-refractivity contribution in [2.24, 2.45) is 0 Å². The molecule has 3 atom stereocenters. The number of halogens is 1. The molecule has 0 saturated carbocycles. The molecule has 0 unspecified atom stereocenters. The minimum Gasteiger partial charge on any atom is -0.379 e. The molecule has 4 aliphatic heterocycles. The maximum Gasteiger partial charge on any atom is 0.246 e. The zero-order valence-electron chi connectivity index (χ0n) is 27.8. The molecule has 6 heterocycles. The van der Waals surface area contributed by atoms with Gasteiger partial charge in [-0.2, -0.15) is 4.98 Å². The van der Waals surface area contributed by atoms with Crippen LogP contribution in [-0.2, 0) is 26.2 Å². The summed E-state index contributed by atoms with van der Waals surface area (Å²) in [4.78, 5) is 40.2. The second-order valence-corrected chi connectivity index (χ2v) is 14.3. The van der Waals surface area contributed by atoms with Gasteiger partial charge in [0.05, 0.1) is 37.7 Å². The number of hydrogen-bond donors (Lipinski definition) is 2. The molecule has 0 aliphatic carbocycles. The summed E-state index contributed by atoms with van der Waals surface area (Å²) >= 11 is 0. The number of benzene rings is 1. The molecule has 0 radical (unpaired) electrons. The van der Waals surface area contributed by atoms with E-state index in [0.29, 0.717) is 50.2 Å². The summed E-state index contributed by atoms with van der Waals surface area (Å²) < 4.78 is 21.4. The zero-order chi connectivity index (χ0) is 32.9. The van der Waals surface area contributed by atoms with Gasteiger partial charge in [-0.3, -0.25) is 19.4 Å². The number of piperazine rings is 2. The quantitative estimate of drug-likeness (QED) is 0.394. The van der Waals surface area contributed by atoms with E-state index in [4.69, 9.17) is 14.8 Å². The van der Waals surface area contributed by atoms with Gasteiger partial charge >= 0.3 is 0 Å². The monoisotopic (exact) mass is 647 g/mol. The second-order valence-electron chi connectivity index (χ2n) is 14.3. The maximum absolute atomic E-state index is 14.4. The van der Waals surface area contributed by atoms with Gasteiger partial charge in [0.25, 0.3) is 0 Å². The first-order valence-corrected chi connectivity index (χ1v) is 16.8. The van der Waals surface area contributed by atoms with Crippen LogP contribution in [-0.4, -0.2) is 126 Å². The Morgan fingerprint density at radius 2 is 1.96 bits per heavy atom. The van der Waals surface area contributed by atoms with E-state index in [2.05, 4.69) is 54.2 Å². The third-order valence-corrected chi connectivity index (χ3v) is 10.1. The Labute approximate surface area is 275 Å². The largest absolute Gasteiger partial charge is 0.379 e. The predicted molar refractivity (Wildman–Crippen MR) is 177 cm³/mol. The number of carbonyl (C=O) groups is 2. The Hall–Kier alpha value is -3.65. The number of carbonyl (C=O) groups excluding carboxylic acids is 2. The Kier molecular flexibility index (Phi) is 8.66. The standard InChI is InChI=1S/C34H46FN9O3/c1-22-16-42(27(15-37-22)17-40-11-12-47-20-23(40)2)19-30(46)43-21-34(3,4)31-28(43)14-25(13-24-5-7-26(35)8-6-24)32-38-33(39-44(31)32)41-10-9-36-29(45)18-41/h5-8,14,22-23,27,37H,9-13,15-21H2,1-4H3,(H,36,45)/t22-,23-,27-/m1/s1. The minimum absolute atomic E-state index is 0.0612. The summed E-state index contributed by atoms with van der Waals surface area (Å²) in [5.41, 5.74) is 3.87. The van der Waals surface area contributed by atoms with Crippen LogP contribution in [0.15, 0.2) is 30.3 Å². The number of hydrogen-bond acceptors (Lipinski definition) is 9. The van der Waals surface area contributed by atoms with Crippen molar-refractivity contribution < 1.29 is 18.7 Å². The number of rotatable bonds is 7. The van der Waals surface area contributed by atoms with E-state index < -0.39 is 5.41 Å². The summed E-state index contributed by atoms with van der Waals surface area (Å²) in [6.45, 7) is 15.7. The lowest BCUT2D eigenvalue weighted by Gasteiger charge is -2.43. The number of nitrogens with zero attached hydrogens (tertiary/aromatic N) is 7. The smallest absolute Gasteiger partial charge is 0.246 e. The van der Waals surface area contributed by atoms with Gasteiger partial charge in [0.15, 0.2) is 5.65 Å². The molecule has 13 heteroatoms. The molecule has 2 aromatic heterocycles. The highest BCUT2D eigenvalue weighted by Gasteiger charge is 2.43. The van der Waals surface area contributed by atoms with Crippen LogP contribution < -0.4 is 20.4 Å². The van der Waals surface area contributed by atoms with Crippen molar-refractivity contribution in [1.29, 1.82) is 0 Å². The van der Waals surface area contributed by atoms with Crippen LogP contribution in [0.1, 0.15) is 44.5 Å². The lowest BCUT2D eigenvalue weighted by molar-refractivity contribution is -0.121. The molecule has 1 aromatic carbocycles. The average molecular weight is 648 g/mol. The maximum atomic E-state index is 14.4. The summed E-state index contributed by atoms with van der Waals surface area (Å²) in [6.07, 6.45) is 0.493. The summed E-state index contributed by atoms with van der Waals surface area (Å²) in [5.74, 6) is 0.200. The highest BCUT2D eigenvalue weighted by atomic mass is 19.1. The van der Waals surface area contributed by atoms with Gasteiger partial charge in [-0.15, -0.1) is 5.10 Å². The Bertz CT molecular complexity index is 1640. The summed E-state index contributed by atoms with van der Waals surface area (Å²) in [5, 5.41) is 11.5. The Balaban J connectivity index is 1.23. The summed E-state index contributed by atoms with van der Waals surface area (Å²) in [6, 6.07) is 9.40. The van der Waals surface area contributed by atoms with E-state index in [9.17, 15) is 14.0 Å². The van der Waals surface area contributed by atoms with E-state index in [-0.39, 0.29) is 36.3 Å². The normalized spacial score (nSPS) is 25.3. The molecule has 3 fully saturated rings. The van der Waals surface area contributed by atoms with Crippen LogP contribution in [0.4, 0.5) is 16.0 Å². The van der Waals surface area contributed by atoms with Crippen molar-refractivity contribution in [1.82, 2.24) is 35.0 Å². The molecule has 7 rings (SSSR count). The van der Waals surface area contributed by atoms with Crippen LogP contribution in [0.3, 0.4) is 0 Å². The summed E-state index contributed by atoms with van der Waals surface area (Å²) in [7, 11) is 0. The number of amides is 2. The first-order valence-electron chi connectivity index (χ1n) is 16.8. The van der Waals surface area contributed by atoms with Crippen molar-refractivity contribution in [2.75, 3.05) is 81.9 Å². The fraction of sp³-hybridized carbons (Fsp3) is 0.588. The van der Waals surface area contributed by atoms with Gasteiger partial charge in [0.2, 0.25) is 17.8 Å². The molecule has 0 bridgehead atoms. The van der Waals surface area contributed by atoms with Crippen LogP contribution in [0, 0.1) is 5.82 Å². The second kappa shape index (κ2) is 12.8. The Morgan fingerprint density at radius 1 is 1.15 bits per heavy atom. The number of morpholine rings is 1. The third-order valence-electron chi connectivity index (χ3n) is 10.1. The third kappa shape index (κ3) is 6.46. The molecule has 3 saturated heterocycles. The van der Waals surface area contributed by atoms with Gasteiger partial charge in [-0.25, -0.2) is 8.91 Å². The number of nitrogens with one attached hydrogen (secondary N) is 2. The van der Waals surface area contributed by atoms with Crippen LogP contribution in [0.25, 0.3) is 5.65 Å². The molecular formula is C34H46FN9O3. The molecule has 0 spiro atoms. The van der Waals surface area contributed by atoms with E-state index in [0.717, 1.165) is 61.9 Å². The van der Waals surface area contributed by atoms with Gasteiger partial charge < -0.3 is 25.2 Å². The van der Waals surface area contributed by atoms with Crippen molar-refractivity contribution in [2.45, 2.75) is 57.7 Å². The Morgan fingerprint density at radius 3 is 2.72 bits per heavy atom. The van der Waals surface area contributed by atoms with Gasteiger partial charge in [-0.1, -0.05) is 26.0 Å². The van der Waals surface area contributed by atoms with Crippen LogP contribution in [0.2, 0.25) is 0 Å². The number of anilines is 2. The fourth-order valence-electron chi connectivity index (χ4n) is 7.55. The fourth-order valence-corrected chi connectivity index (χ4v) is 7.55. The van der Waals surface area contributed by atoms with E-state index in [1.807, 2.05) is 14.3 Å². The van der Waals surface area contributed by atoms with Crippen molar-refractivity contribution >= 4 is 29.1 Å². The van der Waals surface area contributed by atoms with Crippen molar-refractivity contribution in [3.63, 3.8) is 0 Å². The van der Waals surface area contributed by atoms with Gasteiger partial charge in [0, 0.05) is 81.3 Å². The molecule has 252 valence electrons.